The van der Waals surface area contributed by atoms with Gasteiger partial charge < -0.3 is 9.47 Å². The van der Waals surface area contributed by atoms with Crippen LogP contribution >= 0.6 is 11.6 Å². The highest BCUT2D eigenvalue weighted by Crippen LogP contribution is 2.30. The molecule has 0 saturated carbocycles. The van der Waals surface area contributed by atoms with Gasteiger partial charge in [-0.2, -0.15) is 5.10 Å². The quantitative estimate of drug-likeness (QED) is 0.193. The third kappa shape index (κ3) is 5.79. The molecule has 0 N–H and O–H groups in total. The molecule has 0 atom stereocenters. The number of halogens is 1. The lowest BCUT2D eigenvalue weighted by atomic mass is 10.0. The Hall–Kier alpha value is -2.60. The van der Waals surface area contributed by atoms with Crippen molar-refractivity contribution in [1.29, 1.82) is 0 Å². The summed E-state index contributed by atoms with van der Waals surface area (Å²) >= 11 is 6.45. The van der Waals surface area contributed by atoms with Crippen LogP contribution in [-0.4, -0.2) is 24.5 Å². The Bertz CT molecular complexity index is 1170. The van der Waals surface area contributed by atoms with Crippen LogP contribution in [0.3, 0.4) is 0 Å². The van der Waals surface area contributed by atoms with Gasteiger partial charge in [0.15, 0.2) is 5.15 Å². The normalized spacial score (nSPS) is 11.8. The number of hydrogen-bond donors (Lipinski definition) is 0. The number of fused-ring (bicyclic) bond motifs is 1. The SMILES string of the molecule is C[Si](C)(C)CCOCn1nc(Cl)c2cc(-c3ccc(OCc4ccccc4)cc3)ccc21. The number of nitrogens with zero attached hydrogens (tertiary/aromatic N) is 2. The van der Waals surface area contributed by atoms with Gasteiger partial charge in [-0.1, -0.05) is 79.8 Å². The Kier molecular flexibility index (Phi) is 6.99. The number of aromatic nitrogens is 2. The summed E-state index contributed by atoms with van der Waals surface area (Å²) in [6.45, 7) is 8.77. The van der Waals surface area contributed by atoms with Crippen LogP contribution in [0.1, 0.15) is 5.56 Å². The van der Waals surface area contributed by atoms with Gasteiger partial charge in [-0.05, 0) is 47.0 Å². The number of ether oxygens (including phenoxy) is 2. The molecule has 4 nitrogen and oxygen atoms in total. The zero-order chi connectivity index (χ0) is 22.6. The van der Waals surface area contributed by atoms with E-state index in [9.17, 15) is 0 Å². The third-order valence-corrected chi connectivity index (χ3v) is 7.33. The second kappa shape index (κ2) is 9.90. The average molecular weight is 465 g/mol. The first kappa shape index (κ1) is 22.6. The van der Waals surface area contributed by atoms with Crippen molar-refractivity contribution in [2.45, 2.75) is 39.0 Å². The molecule has 0 fully saturated rings. The average Bonchev–Trinajstić information content (AvgIpc) is 3.11. The van der Waals surface area contributed by atoms with E-state index in [0.717, 1.165) is 46.0 Å². The largest absolute Gasteiger partial charge is 0.489 e. The van der Waals surface area contributed by atoms with E-state index in [-0.39, 0.29) is 0 Å². The van der Waals surface area contributed by atoms with Crippen LogP contribution in [-0.2, 0) is 18.1 Å². The molecule has 3 aromatic carbocycles. The molecule has 0 aliphatic carbocycles. The maximum Gasteiger partial charge on any atom is 0.159 e. The monoisotopic (exact) mass is 464 g/mol. The summed E-state index contributed by atoms with van der Waals surface area (Å²) in [6, 6.07) is 25.7. The van der Waals surface area contributed by atoms with Crippen LogP contribution in [0.2, 0.25) is 30.8 Å². The fourth-order valence-corrected chi connectivity index (χ4v) is 4.43. The van der Waals surface area contributed by atoms with E-state index < -0.39 is 8.07 Å². The van der Waals surface area contributed by atoms with Crippen molar-refractivity contribution in [2.75, 3.05) is 6.61 Å². The van der Waals surface area contributed by atoms with Crippen LogP contribution in [0.4, 0.5) is 0 Å². The highest BCUT2D eigenvalue weighted by molar-refractivity contribution is 6.76. The van der Waals surface area contributed by atoms with Crippen LogP contribution in [0.5, 0.6) is 5.75 Å². The molecule has 0 saturated heterocycles. The zero-order valence-corrected chi connectivity index (χ0v) is 20.6. The van der Waals surface area contributed by atoms with Crippen LogP contribution in [0.25, 0.3) is 22.0 Å². The molecule has 0 unspecified atom stereocenters. The maximum absolute atomic E-state index is 6.45. The molecule has 0 bridgehead atoms. The molecule has 32 heavy (non-hydrogen) atoms. The van der Waals surface area contributed by atoms with Crippen molar-refractivity contribution < 1.29 is 9.47 Å². The minimum absolute atomic E-state index is 0.417. The van der Waals surface area contributed by atoms with Crippen molar-refractivity contribution in [1.82, 2.24) is 9.78 Å². The molecule has 1 aromatic heterocycles. The molecule has 0 radical (unpaired) electrons. The predicted molar refractivity (Wildman–Crippen MR) is 135 cm³/mol. The van der Waals surface area contributed by atoms with Gasteiger partial charge in [0.05, 0.1) is 5.52 Å². The van der Waals surface area contributed by atoms with E-state index in [1.165, 1.54) is 0 Å². The van der Waals surface area contributed by atoms with Crippen LogP contribution in [0.15, 0.2) is 72.8 Å². The molecule has 0 amide bonds. The van der Waals surface area contributed by atoms with Crippen molar-refractivity contribution in [2.24, 2.45) is 0 Å². The molecule has 0 aliphatic heterocycles. The van der Waals surface area contributed by atoms with E-state index in [2.05, 4.69) is 67.2 Å². The lowest BCUT2D eigenvalue weighted by Gasteiger charge is -2.15. The molecule has 4 rings (SSSR count). The Labute approximate surface area is 195 Å². The van der Waals surface area contributed by atoms with Crippen LogP contribution in [0, 0.1) is 0 Å². The molecule has 0 spiro atoms. The minimum atomic E-state index is -1.11. The standard InChI is InChI=1S/C26H29ClN2O2Si/c1-32(2,3)16-15-30-19-29-25-14-11-22(17-24(25)26(27)28-29)21-9-12-23(13-10-21)31-18-20-7-5-4-6-8-20/h4-14,17H,15-16,18-19H2,1-3H3. The first-order valence-corrected chi connectivity index (χ1v) is 15.0. The maximum atomic E-state index is 6.45. The van der Waals surface area contributed by atoms with Gasteiger partial charge in [-0.15, -0.1) is 0 Å². The number of rotatable bonds is 9. The Balaban J connectivity index is 1.43. The van der Waals surface area contributed by atoms with Crippen LogP contribution < -0.4 is 4.74 Å². The summed E-state index contributed by atoms with van der Waals surface area (Å²) in [6.07, 6.45) is 0. The summed E-state index contributed by atoms with van der Waals surface area (Å²) < 4.78 is 13.6. The van der Waals surface area contributed by atoms with Crippen molar-refractivity contribution in [3.8, 4) is 16.9 Å². The van der Waals surface area contributed by atoms with Gasteiger partial charge in [0, 0.05) is 20.1 Å². The molecular formula is C26H29ClN2O2Si. The smallest absolute Gasteiger partial charge is 0.159 e. The fraction of sp³-hybridized carbons (Fsp3) is 0.269. The first-order valence-electron chi connectivity index (χ1n) is 10.9. The second-order valence-corrected chi connectivity index (χ2v) is 15.1. The van der Waals surface area contributed by atoms with Gasteiger partial charge in [-0.25, -0.2) is 4.68 Å². The van der Waals surface area contributed by atoms with Gasteiger partial charge >= 0.3 is 0 Å². The molecule has 6 heteroatoms. The number of benzene rings is 3. The van der Waals surface area contributed by atoms with Gasteiger partial charge in [-0.3, -0.25) is 0 Å². The second-order valence-electron chi connectivity index (χ2n) is 9.17. The molecule has 0 aliphatic rings. The summed E-state index contributed by atoms with van der Waals surface area (Å²) in [5.74, 6) is 0.847. The van der Waals surface area contributed by atoms with Crippen molar-refractivity contribution >= 4 is 30.6 Å². The third-order valence-electron chi connectivity index (χ3n) is 5.35. The minimum Gasteiger partial charge on any atom is -0.489 e. The molecule has 166 valence electrons. The highest BCUT2D eigenvalue weighted by atomic mass is 35.5. The summed E-state index contributed by atoms with van der Waals surface area (Å²) in [5.41, 5.74) is 4.33. The van der Waals surface area contributed by atoms with E-state index in [4.69, 9.17) is 21.1 Å². The predicted octanol–water partition coefficient (Wildman–Crippen LogP) is 7.25. The highest BCUT2D eigenvalue weighted by Gasteiger charge is 2.14. The molecule has 4 aromatic rings. The Morgan fingerprint density at radius 1 is 0.906 bits per heavy atom. The van der Waals surface area contributed by atoms with Crippen molar-refractivity contribution in [3.63, 3.8) is 0 Å². The lowest BCUT2D eigenvalue weighted by Crippen LogP contribution is -2.22. The van der Waals surface area contributed by atoms with Gasteiger partial charge in [0.25, 0.3) is 0 Å². The molecule has 1 heterocycles. The zero-order valence-electron chi connectivity index (χ0n) is 18.8. The van der Waals surface area contributed by atoms with Gasteiger partial charge in [0.1, 0.15) is 19.1 Å². The molecular weight excluding hydrogens is 436 g/mol. The topological polar surface area (TPSA) is 36.3 Å². The Morgan fingerprint density at radius 2 is 1.62 bits per heavy atom. The summed E-state index contributed by atoms with van der Waals surface area (Å²) in [5, 5.41) is 5.91. The fourth-order valence-electron chi connectivity index (χ4n) is 3.43. The lowest BCUT2D eigenvalue weighted by molar-refractivity contribution is 0.0817. The first-order chi connectivity index (χ1) is 15.4. The van der Waals surface area contributed by atoms with E-state index in [0.29, 0.717) is 18.5 Å². The van der Waals surface area contributed by atoms with E-state index in [1.807, 2.05) is 35.0 Å². The summed E-state index contributed by atoms with van der Waals surface area (Å²) in [4.78, 5) is 0. The van der Waals surface area contributed by atoms with E-state index >= 15 is 0 Å². The summed E-state index contributed by atoms with van der Waals surface area (Å²) in [7, 11) is -1.11. The van der Waals surface area contributed by atoms with E-state index in [1.54, 1.807) is 0 Å². The number of hydrogen-bond acceptors (Lipinski definition) is 3. The van der Waals surface area contributed by atoms with Crippen molar-refractivity contribution in [3.05, 3.63) is 83.5 Å². The Morgan fingerprint density at radius 3 is 2.34 bits per heavy atom. The van der Waals surface area contributed by atoms with Gasteiger partial charge in [0.2, 0.25) is 0 Å².